The summed E-state index contributed by atoms with van der Waals surface area (Å²) < 4.78 is 14.8. The van der Waals surface area contributed by atoms with Gasteiger partial charge in [-0.1, -0.05) is 45.7 Å². The summed E-state index contributed by atoms with van der Waals surface area (Å²) in [4.78, 5) is 0. The molecular formula is C16H14BrClFN. The molecule has 0 amide bonds. The molecule has 1 saturated heterocycles. The van der Waals surface area contributed by atoms with Crippen LogP contribution < -0.4 is 5.32 Å². The molecule has 0 bridgehead atoms. The molecule has 0 saturated carbocycles. The summed E-state index contributed by atoms with van der Waals surface area (Å²) in [5, 5.41) is 4.03. The van der Waals surface area contributed by atoms with Gasteiger partial charge in [0.1, 0.15) is 5.82 Å². The second-order valence-corrected chi connectivity index (χ2v) is 6.66. The maximum absolute atomic E-state index is 14.0. The third-order valence-electron chi connectivity index (χ3n) is 3.93. The van der Waals surface area contributed by atoms with Gasteiger partial charge in [0.05, 0.1) is 0 Å². The molecule has 0 aromatic heterocycles. The van der Waals surface area contributed by atoms with E-state index in [0.717, 1.165) is 28.1 Å². The van der Waals surface area contributed by atoms with Crippen molar-refractivity contribution in [2.45, 2.75) is 11.8 Å². The Hall–Kier alpha value is -0.900. The van der Waals surface area contributed by atoms with E-state index in [-0.39, 0.29) is 11.2 Å². The molecule has 1 aliphatic rings. The molecule has 0 unspecified atom stereocenters. The molecule has 2 aromatic carbocycles. The van der Waals surface area contributed by atoms with Crippen LogP contribution in [-0.4, -0.2) is 13.1 Å². The highest BCUT2D eigenvalue weighted by molar-refractivity contribution is 9.10. The van der Waals surface area contributed by atoms with Crippen LogP contribution in [0.25, 0.3) is 0 Å². The van der Waals surface area contributed by atoms with E-state index in [0.29, 0.717) is 6.42 Å². The average molecular weight is 355 g/mol. The van der Waals surface area contributed by atoms with Crippen molar-refractivity contribution < 1.29 is 4.39 Å². The molecule has 1 nitrogen and oxygen atoms in total. The van der Waals surface area contributed by atoms with Crippen molar-refractivity contribution >= 4 is 27.5 Å². The zero-order valence-electron chi connectivity index (χ0n) is 10.8. The lowest BCUT2D eigenvalue weighted by Crippen LogP contribution is -2.58. The zero-order valence-corrected chi connectivity index (χ0v) is 13.1. The van der Waals surface area contributed by atoms with E-state index in [1.807, 2.05) is 36.4 Å². The van der Waals surface area contributed by atoms with Crippen molar-refractivity contribution in [2.24, 2.45) is 0 Å². The fraction of sp³-hybridized carbons (Fsp3) is 0.250. The topological polar surface area (TPSA) is 12.0 Å². The molecule has 20 heavy (non-hydrogen) atoms. The summed E-state index contributed by atoms with van der Waals surface area (Å²) in [6, 6.07) is 13.1. The van der Waals surface area contributed by atoms with Gasteiger partial charge in [0.15, 0.2) is 0 Å². The molecule has 104 valence electrons. The van der Waals surface area contributed by atoms with Crippen LogP contribution in [0.2, 0.25) is 5.02 Å². The van der Waals surface area contributed by atoms with E-state index in [1.54, 1.807) is 0 Å². The van der Waals surface area contributed by atoms with Crippen LogP contribution in [0.1, 0.15) is 11.1 Å². The summed E-state index contributed by atoms with van der Waals surface area (Å²) in [6.45, 7) is 1.73. The van der Waals surface area contributed by atoms with Gasteiger partial charge in [0.2, 0.25) is 0 Å². The summed E-state index contributed by atoms with van der Waals surface area (Å²) in [6.07, 6.45) is 0.695. The molecule has 1 aliphatic heterocycles. The number of hydrogen-bond acceptors (Lipinski definition) is 1. The van der Waals surface area contributed by atoms with Crippen molar-refractivity contribution in [1.82, 2.24) is 5.32 Å². The van der Waals surface area contributed by atoms with Crippen molar-refractivity contribution in [3.63, 3.8) is 0 Å². The van der Waals surface area contributed by atoms with Gasteiger partial charge in [-0.15, -0.1) is 0 Å². The molecule has 0 radical (unpaired) electrons. The van der Waals surface area contributed by atoms with Gasteiger partial charge < -0.3 is 5.32 Å². The Labute approximate surface area is 131 Å². The van der Waals surface area contributed by atoms with E-state index in [4.69, 9.17) is 11.6 Å². The summed E-state index contributed by atoms with van der Waals surface area (Å²) in [5.74, 6) is -0.153. The summed E-state index contributed by atoms with van der Waals surface area (Å²) in [5.41, 5.74) is 1.94. The Bertz CT molecular complexity index is 623. The highest BCUT2D eigenvalue weighted by Crippen LogP contribution is 2.34. The van der Waals surface area contributed by atoms with Gasteiger partial charge in [0, 0.05) is 28.0 Å². The zero-order chi connectivity index (χ0) is 14.2. The van der Waals surface area contributed by atoms with Crippen LogP contribution in [0.3, 0.4) is 0 Å². The fourth-order valence-corrected chi connectivity index (χ4v) is 3.15. The molecule has 2 aromatic rings. The second kappa shape index (κ2) is 5.47. The first kappa shape index (κ1) is 14.1. The second-order valence-electron chi connectivity index (χ2n) is 5.30. The van der Waals surface area contributed by atoms with E-state index in [2.05, 4.69) is 21.2 Å². The average Bonchev–Trinajstić information content (AvgIpc) is 2.37. The summed E-state index contributed by atoms with van der Waals surface area (Å²) >= 11 is 9.24. The van der Waals surface area contributed by atoms with E-state index in [9.17, 15) is 4.39 Å². The molecule has 0 atom stereocenters. The number of halogens is 3. The smallest absolute Gasteiger partial charge is 0.127 e. The monoisotopic (exact) mass is 353 g/mol. The van der Waals surface area contributed by atoms with E-state index < -0.39 is 0 Å². The van der Waals surface area contributed by atoms with Gasteiger partial charge in [0.25, 0.3) is 0 Å². The number of hydrogen-bond donors (Lipinski definition) is 1. The number of rotatable bonds is 3. The summed E-state index contributed by atoms with van der Waals surface area (Å²) in [7, 11) is 0. The predicted molar refractivity (Wildman–Crippen MR) is 83.8 cm³/mol. The first-order valence-corrected chi connectivity index (χ1v) is 7.67. The minimum atomic E-state index is -0.153. The molecule has 1 fully saturated rings. The van der Waals surface area contributed by atoms with Crippen molar-refractivity contribution in [3.8, 4) is 0 Å². The molecule has 1 N–H and O–H groups in total. The van der Waals surface area contributed by atoms with Crippen molar-refractivity contribution in [2.75, 3.05) is 13.1 Å². The third kappa shape index (κ3) is 2.62. The lowest BCUT2D eigenvalue weighted by atomic mass is 9.71. The Balaban J connectivity index is 1.91. The van der Waals surface area contributed by atoms with Crippen molar-refractivity contribution in [1.29, 1.82) is 0 Å². The first-order chi connectivity index (χ1) is 9.59. The Morgan fingerprint density at radius 2 is 1.85 bits per heavy atom. The molecular weight excluding hydrogens is 341 g/mol. The van der Waals surface area contributed by atoms with Gasteiger partial charge in [-0.05, 0) is 41.8 Å². The van der Waals surface area contributed by atoms with E-state index >= 15 is 0 Å². The van der Waals surface area contributed by atoms with Gasteiger partial charge in [-0.25, -0.2) is 4.39 Å². The lowest BCUT2D eigenvalue weighted by Gasteiger charge is -2.43. The number of nitrogens with one attached hydrogen (secondary N) is 1. The highest BCUT2D eigenvalue weighted by atomic mass is 79.9. The van der Waals surface area contributed by atoms with Gasteiger partial charge in [-0.3, -0.25) is 0 Å². The van der Waals surface area contributed by atoms with Crippen LogP contribution in [0.15, 0.2) is 46.9 Å². The SMILES string of the molecule is Fc1cc(Br)ccc1CC1(c2ccc(Cl)cc2)CNC1. The largest absolute Gasteiger partial charge is 0.315 e. The standard InChI is InChI=1S/C16H14BrClFN/c17-13-4-1-11(15(19)7-13)8-16(9-20-10-16)12-2-5-14(18)6-3-12/h1-7,20H,8-10H2. The lowest BCUT2D eigenvalue weighted by molar-refractivity contribution is 0.272. The molecule has 3 rings (SSSR count). The van der Waals surface area contributed by atoms with Crippen LogP contribution in [-0.2, 0) is 11.8 Å². The van der Waals surface area contributed by atoms with Crippen LogP contribution in [0, 0.1) is 5.82 Å². The Kier molecular flexibility index (Phi) is 3.85. The van der Waals surface area contributed by atoms with Gasteiger partial charge in [-0.2, -0.15) is 0 Å². The number of benzene rings is 2. The Morgan fingerprint density at radius 1 is 1.15 bits per heavy atom. The normalized spacial score (nSPS) is 16.8. The van der Waals surface area contributed by atoms with Crippen molar-refractivity contribution in [3.05, 3.63) is 68.9 Å². The third-order valence-corrected chi connectivity index (χ3v) is 4.67. The molecule has 0 aliphatic carbocycles. The van der Waals surface area contributed by atoms with Crippen LogP contribution in [0.5, 0.6) is 0 Å². The van der Waals surface area contributed by atoms with E-state index in [1.165, 1.54) is 11.6 Å². The Morgan fingerprint density at radius 3 is 2.40 bits per heavy atom. The highest BCUT2D eigenvalue weighted by Gasteiger charge is 2.39. The maximum Gasteiger partial charge on any atom is 0.127 e. The van der Waals surface area contributed by atoms with Crippen LogP contribution in [0.4, 0.5) is 4.39 Å². The minimum absolute atomic E-state index is 0.0285. The maximum atomic E-state index is 14.0. The fourth-order valence-electron chi connectivity index (χ4n) is 2.69. The van der Waals surface area contributed by atoms with Gasteiger partial charge >= 0.3 is 0 Å². The molecule has 4 heteroatoms. The first-order valence-electron chi connectivity index (χ1n) is 6.50. The molecule has 0 spiro atoms. The van der Waals surface area contributed by atoms with Crippen LogP contribution >= 0.6 is 27.5 Å². The quantitative estimate of drug-likeness (QED) is 0.865. The predicted octanol–water partition coefficient (Wildman–Crippen LogP) is 4.33. The minimum Gasteiger partial charge on any atom is -0.315 e. The molecule has 1 heterocycles.